The van der Waals surface area contributed by atoms with Crippen LogP contribution in [0.4, 0.5) is 0 Å². The molecule has 0 N–H and O–H groups in total. The lowest BCUT2D eigenvalue weighted by Crippen LogP contribution is -2.55. The number of carbonyl (C=O) groups excluding carboxylic acids is 2. The molecule has 0 bridgehead atoms. The van der Waals surface area contributed by atoms with Gasteiger partial charge in [-0.15, -0.1) is 0 Å². The third-order valence-corrected chi connectivity index (χ3v) is 6.51. The van der Waals surface area contributed by atoms with Crippen LogP contribution < -0.4 is 0 Å². The highest BCUT2D eigenvalue weighted by Crippen LogP contribution is 2.25. The maximum Gasteiger partial charge on any atom is 0.239 e. The minimum atomic E-state index is -0.0960. The third kappa shape index (κ3) is 4.18. The molecule has 0 radical (unpaired) electrons. The Kier molecular flexibility index (Phi) is 6.37. The summed E-state index contributed by atoms with van der Waals surface area (Å²) in [6.45, 7) is 8.70. The first kappa shape index (κ1) is 18.7. The molecule has 5 heteroatoms. The first-order valence-electron chi connectivity index (χ1n) is 10.4. The first-order valence-corrected chi connectivity index (χ1v) is 10.4. The fourth-order valence-corrected chi connectivity index (χ4v) is 4.87. The molecule has 0 aromatic heterocycles. The van der Waals surface area contributed by atoms with Crippen molar-refractivity contribution in [3.63, 3.8) is 0 Å². The summed E-state index contributed by atoms with van der Waals surface area (Å²) in [6, 6.07) is 0.317. The molecular formula is C20H35N3O2. The molecule has 3 heterocycles. The van der Waals surface area contributed by atoms with Crippen molar-refractivity contribution in [3.05, 3.63) is 0 Å². The number of amides is 2. The predicted octanol–water partition coefficient (Wildman–Crippen LogP) is 2.50. The van der Waals surface area contributed by atoms with E-state index in [1.54, 1.807) is 0 Å². The van der Waals surface area contributed by atoms with Crippen LogP contribution in [0.25, 0.3) is 0 Å². The van der Waals surface area contributed by atoms with Crippen molar-refractivity contribution in [1.82, 2.24) is 14.7 Å². The number of nitrogens with zero attached hydrogens (tertiary/aromatic N) is 3. The van der Waals surface area contributed by atoms with E-state index in [0.29, 0.717) is 11.9 Å². The van der Waals surface area contributed by atoms with E-state index in [9.17, 15) is 9.59 Å². The van der Waals surface area contributed by atoms with Crippen molar-refractivity contribution in [3.8, 4) is 0 Å². The molecule has 142 valence electrons. The van der Waals surface area contributed by atoms with E-state index in [2.05, 4.69) is 16.7 Å². The van der Waals surface area contributed by atoms with Crippen LogP contribution in [-0.2, 0) is 9.59 Å². The zero-order chi connectivity index (χ0) is 17.8. The fourth-order valence-electron chi connectivity index (χ4n) is 4.87. The number of piperidine rings is 2. The van der Waals surface area contributed by atoms with E-state index >= 15 is 0 Å². The monoisotopic (exact) mass is 349 g/mol. The maximum absolute atomic E-state index is 13.1. The average molecular weight is 350 g/mol. The minimum absolute atomic E-state index is 0.0884. The Morgan fingerprint density at radius 1 is 0.960 bits per heavy atom. The molecule has 0 saturated carbocycles. The predicted molar refractivity (Wildman–Crippen MR) is 99.2 cm³/mol. The van der Waals surface area contributed by atoms with Gasteiger partial charge >= 0.3 is 0 Å². The lowest BCUT2D eigenvalue weighted by Gasteiger charge is -2.41. The van der Waals surface area contributed by atoms with Gasteiger partial charge in [-0.3, -0.25) is 14.5 Å². The summed E-state index contributed by atoms with van der Waals surface area (Å²) >= 11 is 0. The number of likely N-dealkylation sites (tertiary alicyclic amines) is 3. The smallest absolute Gasteiger partial charge is 0.239 e. The van der Waals surface area contributed by atoms with Crippen molar-refractivity contribution in [1.29, 1.82) is 0 Å². The second-order valence-corrected chi connectivity index (χ2v) is 8.13. The summed E-state index contributed by atoms with van der Waals surface area (Å²) in [7, 11) is 0. The van der Waals surface area contributed by atoms with Crippen LogP contribution in [0.1, 0.15) is 65.2 Å². The Hall–Kier alpha value is -1.10. The van der Waals surface area contributed by atoms with Gasteiger partial charge in [-0.25, -0.2) is 0 Å². The zero-order valence-electron chi connectivity index (χ0n) is 16.1. The van der Waals surface area contributed by atoms with Gasteiger partial charge in [0.25, 0.3) is 0 Å². The van der Waals surface area contributed by atoms with E-state index in [4.69, 9.17) is 0 Å². The molecule has 3 aliphatic heterocycles. The van der Waals surface area contributed by atoms with E-state index in [1.165, 1.54) is 6.42 Å². The number of hydrogen-bond donors (Lipinski definition) is 0. The third-order valence-electron chi connectivity index (χ3n) is 6.51. The van der Waals surface area contributed by atoms with Gasteiger partial charge in [0.15, 0.2) is 0 Å². The fraction of sp³-hybridized carbons (Fsp3) is 0.900. The molecule has 5 nitrogen and oxygen atoms in total. The van der Waals surface area contributed by atoms with Crippen molar-refractivity contribution >= 4 is 11.8 Å². The lowest BCUT2D eigenvalue weighted by molar-refractivity contribution is -0.144. The lowest BCUT2D eigenvalue weighted by atomic mass is 9.94. The quantitative estimate of drug-likeness (QED) is 0.783. The molecule has 0 aromatic rings. The highest BCUT2D eigenvalue weighted by atomic mass is 16.2. The Bertz CT molecular complexity index is 476. The van der Waals surface area contributed by atoms with Crippen molar-refractivity contribution in [2.24, 2.45) is 5.92 Å². The van der Waals surface area contributed by atoms with Gasteiger partial charge in [-0.2, -0.15) is 0 Å². The SMILES string of the molecule is CC[C@@H]1CCCCN1C(=O)[C@@H](C)N1CCC[C@H](C(=O)N2CCCC2)C1. The van der Waals surface area contributed by atoms with Gasteiger partial charge in [0.05, 0.1) is 12.0 Å². The van der Waals surface area contributed by atoms with E-state index in [1.807, 2.05) is 11.8 Å². The van der Waals surface area contributed by atoms with Crippen LogP contribution in [-0.4, -0.2) is 71.3 Å². The molecule has 3 fully saturated rings. The highest BCUT2D eigenvalue weighted by molar-refractivity contribution is 5.82. The van der Waals surface area contributed by atoms with Gasteiger partial charge in [-0.05, 0) is 64.8 Å². The number of rotatable bonds is 4. The summed E-state index contributed by atoms with van der Waals surface area (Å²) in [5.41, 5.74) is 0. The Morgan fingerprint density at radius 2 is 1.68 bits per heavy atom. The summed E-state index contributed by atoms with van der Waals surface area (Å²) in [4.78, 5) is 32.3. The molecule has 0 spiro atoms. The second-order valence-electron chi connectivity index (χ2n) is 8.13. The molecule has 3 rings (SSSR count). The summed E-state index contributed by atoms with van der Waals surface area (Å²) in [6.07, 6.45) is 8.86. The van der Waals surface area contributed by atoms with Crippen LogP contribution in [0.5, 0.6) is 0 Å². The van der Waals surface area contributed by atoms with Gasteiger partial charge in [0.2, 0.25) is 11.8 Å². The molecule has 3 atom stereocenters. The largest absolute Gasteiger partial charge is 0.342 e. The van der Waals surface area contributed by atoms with Crippen molar-refractivity contribution in [2.75, 3.05) is 32.7 Å². The molecule has 3 saturated heterocycles. The molecule has 2 amide bonds. The van der Waals surface area contributed by atoms with Gasteiger partial charge in [-0.1, -0.05) is 6.92 Å². The van der Waals surface area contributed by atoms with E-state index in [-0.39, 0.29) is 17.9 Å². The summed E-state index contributed by atoms with van der Waals surface area (Å²) < 4.78 is 0. The molecule has 3 aliphatic rings. The molecule has 0 unspecified atom stereocenters. The van der Waals surface area contributed by atoms with Crippen LogP contribution in [0.3, 0.4) is 0 Å². The zero-order valence-corrected chi connectivity index (χ0v) is 16.1. The van der Waals surface area contributed by atoms with Crippen LogP contribution in [0.15, 0.2) is 0 Å². The van der Waals surface area contributed by atoms with Crippen LogP contribution >= 0.6 is 0 Å². The molecule has 25 heavy (non-hydrogen) atoms. The number of hydrogen-bond acceptors (Lipinski definition) is 3. The normalized spacial score (nSPS) is 29.7. The summed E-state index contributed by atoms with van der Waals surface area (Å²) in [5.74, 6) is 0.692. The Labute approximate surface area is 152 Å². The van der Waals surface area contributed by atoms with Crippen LogP contribution in [0, 0.1) is 5.92 Å². The molecule has 0 aliphatic carbocycles. The standard InChI is InChI=1S/C20H35N3O2/c1-3-18-10-4-5-14-23(18)19(24)16(2)22-13-8-9-17(15-22)20(25)21-11-6-7-12-21/h16-18H,3-15H2,1-2H3/t16-,17+,18-/m1/s1. The average Bonchev–Trinajstić information content (AvgIpc) is 3.21. The summed E-state index contributed by atoms with van der Waals surface area (Å²) in [5, 5.41) is 0. The van der Waals surface area contributed by atoms with Crippen LogP contribution in [0.2, 0.25) is 0 Å². The maximum atomic E-state index is 13.1. The van der Waals surface area contributed by atoms with E-state index < -0.39 is 0 Å². The molecule has 0 aromatic carbocycles. The van der Waals surface area contributed by atoms with Gasteiger partial charge in [0, 0.05) is 32.2 Å². The topological polar surface area (TPSA) is 43.9 Å². The van der Waals surface area contributed by atoms with Gasteiger partial charge in [0.1, 0.15) is 0 Å². The van der Waals surface area contributed by atoms with Crippen molar-refractivity contribution < 1.29 is 9.59 Å². The first-order chi connectivity index (χ1) is 12.1. The van der Waals surface area contributed by atoms with Gasteiger partial charge < -0.3 is 9.80 Å². The highest BCUT2D eigenvalue weighted by Gasteiger charge is 2.36. The Morgan fingerprint density at radius 3 is 2.40 bits per heavy atom. The minimum Gasteiger partial charge on any atom is -0.342 e. The second kappa shape index (κ2) is 8.52. The van der Waals surface area contributed by atoms with E-state index in [0.717, 1.165) is 77.7 Å². The van der Waals surface area contributed by atoms with Crippen molar-refractivity contribution in [2.45, 2.75) is 77.3 Å². The molecular weight excluding hydrogens is 314 g/mol. The number of carbonyl (C=O) groups is 2. The Balaban J connectivity index is 1.59.